The molecule has 3 N–H and O–H groups in total. The molecule has 1 aliphatic rings. The quantitative estimate of drug-likeness (QED) is 0.520. The molecule has 9 heteroatoms. The Kier molecular flexibility index (Phi) is 6.57. The van der Waals surface area contributed by atoms with E-state index in [0.29, 0.717) is 17.5 Å². The average molecular weight is 391 g/mol. The van der Waals surface area contributed by atoms with Gasteiger partial charge in [-0.15, -0.1) is 10.2 Å². The van der Waals surface area contributed by atoms with Gasteiger partial charge in [-0.1, -0.05) is 29.5 Å². The third-order valence-corrected chi connectivity index (χ3v) is 5.25. The van der Waals surface area contributed by atoms with E-state index >= 15 is 0 Å². The molecular weight excluding hydrogens is 366 g/mol. The van der Waals surface area contributed by atoms with Gasteiger partial charge in [-0.05, 0) is 38.3 Å². The van der Waals surface area contributed by atoms with Crippen molar-refractivity contribution < 1.29 is 14.3 Å². The van der Waals surface area contributed by atoms with Crippen molar-refractivity contribution in [1.82, 2.24) is 20.2 Å². The number of thioether (sulfide) groups is 1. The number of nitrogens with two attached hydrogens (primary N) is 1. The van der Waals surface area contributed by atoms with Crippen molar-refractivity contribution in [2.24, 2.45) is 0 Å². The monoisotopic (exact) mass is 391 g/mol. The smallest absolute Gasteiger partial charge is 0.230 e. The summed E-state index contributed by atoms with van der Waals surface area (Å²) in [4.78, 5) is 12.0. The van der Waals surface area contributed by atoms with E-state index in [0.717, 1.165) is 30.8 Å². The summed E-state index contributed by atoms with van der Waals surface area (Å²) in [5.74, 6) is 7.45. The highest BCUT2D eigenvalue weighted by atomic mass is 32.2. The Hall–Kier alpha value is -2.26. The lowest BCUT2D eigenvalue weighted by atomic mass is 10.1. The van der Waals surface area contributed by atoms with Crippen LogP contribution in [0, 0.1) is 13.8 Å². The molecule has 1 fully saturated rings. The molecule has 0 spiro atoms. The van der Waals surface area contributed by atoms with E-state index < -0.39 is 0 Å². The van der Waals surface area contributed by atoms with Gasteiger partial charge in [-0.2, -0.15) is 0 Å². The number of amides is 1. The van der Waals surface area contributed by atoms with E-state index in [1.165, 1.54) is 22.0 Å². The fourth-order valence-corrected chi connectivity index (χ4v) is 3.53. The molecular formula is C18H25N5O3S. The van der Waals surface area contributed by atoms with E-state index in [2.05, 4.69) is 21.6 Å². The minimum absolute atomic E-state index is 0.0772. The molecule has 1 amide bonds. The number of rotatable bonds is 8. The molecule has 2 aromatic rings. The molecule has 0 saturated carbocycles. The van der Waals surface area contributed by atoms with E-state index in [-0.39, 0.29) is 24.4 Å². The fraction of sp³-hybridized carbons (Fsp3) is 0.500. The summed E-state index contributed by atoms with van der Waals surface area (Å²) in [7, 11) is 0. The molecule has 27 heavy (non-hydrogen) atoms. The molecule has 8 nitrogen and oxygen atoms in total. The highest BCUT2D eigenvalue weighted by Gasteiger charge is 2.17. The molecule has 3 rings (SSSR count). The van der Waals surface area contributed by atoms with Crippen molar-refractivity contribution >= 4 is 17.7 Å². The molecule has 0 aliphatic carbocycles. The van der Waals surface area contributed by atoms with Gasteiger partial charge in [0.15, 0.2) is 5.82 Å². The lowest BCUT2D eigenvalue weighted by molar-refractivity contribution is -0.119. The van der Waals surface area contributed by atoms with Gasteiger partial charge in [0.2, 0.25) is 11.1 Å². The van der Waals surface area contributed by atoms with Crippen molar-refractivity contribution in [2.45, 2.75) is 44.6 Å². The molecule has 146 valence electrons. The summed E-state index contributed by atoms with van der Waals surface area (Å²) in [6.07, 6.45) is 2.18. The van der Waals surface area contributed by atoms with Crippen molar-refractivity contribution in [3.63, 3.8) is 0 Å². The van der Waals surface area contributed by atoms with E-state index in [9.17, 15) is 4.79 Å². The molecule has 2 heterocycles. The normalized spacial score (nSPS) is 16.4. The van der Waals surface area contributed by atoms with Crippen LogP contribution >= 0.6 is 11.8 Å². The Bertz CT molecular complexity index is 789. The number of carbonyl (C=O) groups excluding carboxylic acids is 1. The minimum atomic E-state index is -0.0772. The van der Waals surface area contributed by atoms with E-state index in [1.807, 2.05) is 26.0 Å². The van der Waals surface area contributed by atoms with Crippen molar-refractivity contribution in [1.29, 1.82) is 0 Å². The molecule has 1 aromatic carbocycles. The maximum Gasteiger partial charge on any atom is 0.230 e. The number of aromatic nitrogens is 3. The number of ether oxygens (including phenoxy) is 2. The summed E-state index contributed by atoms with van der Waals surface area (Å²) < 4.78 is 12.6. The first-order chi connectivity index (χ1) is 13.0. The van der Waals surface area contributed by atoms with Gasteiger partial charge in [0.25, 0.3) is 0 Å². The van der Waals surface area contributed by atoms with Crippen molar-refractivity contribution in [2.75, 3.05) is 24.7 Å². The summed E-state index contributed by atoms with van der Waals surface area (Å²) in [5.41, 5.74) is 2.23. The van der Waals surface area contributed by atoms with Gasteiger partial charge in [-0.25, -0.2) is 4.68 Å². The Balaban J connectivity index is 1.47. The summed E-state index contributed by atoms with van der Waals surface area (Å²) in [5, 5.41) is 11.4. The highest BCUT2D eigenvalue weighted by Crippen LogP contribution is 2.20. The average Bonchev–Trinajstić information content (AvgIpc) is 3.28. The first kappa shape index (κ1) is 19.5. The lowest BCUT2D eigenvalue weighted by Gasteiger charge is -2.10. The summed E-state index contributed by atoms with van der Waals surface area (Å²) in [6.45, 7) is 5.56. The van der Waals surface area contributed by atoms with E-state index in [4.69, 9.17) is 15.3 Å². The molecule has 1 atom stereocenters. The van der Waals surface area contributed by atoms with Gasteiger partial charge in [0.1, 0.15) is 12.4 Å². The fourth-order valence-electron chi connectivity index (χ4n) is 2.82. The summed E-state index contributed by atoms with van der Waals surface area (Å²) >= 11 is 1.24. The highest BCUT2D eigenvalue weighted by molar-refractivity contribution is 7.99. The molecule has 0 radical (unpaired) electrons. The van der Waals surface area contributed by atoms with Crippen LogP contribution in [-0.2, 0) is 16.1 Å². The van der Waals surface area contributed by atoms with Gasteiger partial charge in [-0.3, -0.25) is 4.79 Å². The Morgan fingerprint density at radius 3 is 3.04 bits per heavy atom. The van der Waals surface area contributed by atoms with Crippen LogP contribution in [-0.4, -0.2) is 45.8 Å². The summed E-state index contributed by atoms with van der Waals surface area (Å²) in [6, 6.07) is 5.97. The number of hydrogen-bond donors (Lipinski definition) is 2. The predicted molar refractivity (Wildman–Crippen MR) is 103 cm³/mol. The van der Waals surface area contributed by atoms with Gasteiger partial charge in [0, 0.05) is 13.2 Å². The maximum atomic E-state index is 12.0. The van der Waals surface area contributed by atoms with Crippen LogP contribution in [0.15, 0.2) is 23.4 Å². The Labute approximate surface area is 162 Å². The largest absolute Gasteiger partial charge is 0.485 e. The van der Waals surface area contributed by atoms with Crippen LogP contribution < -0.4 is 15.9 Å². The van der Waals surface area contributed by atoms with Gasteiger partial charge in [0.05, 0.1) is 11.9 Å². The second kappa shape index (κ2) is 9.09. The second-order valence-corrected chi connectivity index (χ2v) is 7.50. The Morgan fingerprint density at radius 2 is 2.30 bits per heavy atom. The third kappa shape index (κ3) is 5.36. The van der Waals surface area contributed by atoms with E-state index in [1.54, 1.807) is 0 Å². The third-order valence-electron chi connectivity index (χ3n) is 4.31. The maximum absolute atomic E-state index is 12.0. The molecule has 0 unspecified atom stereocenters. The molecule has 1 saturated heterocycles. The topological polar surface area (TPSA) is 104 Å². The van der Waals surface area contributed by atoms with Crippen LogP contribution in [0.4, 0.5) is 0 Å². The minimum Gasteiger partial charge on any atom is -0.485 e. The van der Waals surface area contributed by atoms with Crippen molar-refractivity contribution in [3.8, 4) is 5.75 Å². The number of hydrogen-bond acceptors (Lipinski definition) is 7. The number of nitrogens with one attached hydrogen (secondary N) is 1. The van der Waals surface area contributed by atoms with Crippen molar-refractivity contribution in [3.05, 3.63) is 35.2 Å². The van der Waals surface area contributed by atoms with Crippen LogP contribution in [0.1, 0.15) is 29.8 Å². The Morgan fingerprint density at radius 1 is 1.44 bits per heavy atom. The number of nitrogen functional groups attached to an aromatic ring is 1. The first-order valence-electron chi connectivity index (χ1n) is 8.93. The van der Waals surface area contributed by atoms with Gasteiger partial charge < -0.3 is 20.6 Å². The zero-order valence-electron chi connectivity index (χ0n) is 15.6. The standard InChI is InChI=1S/C18H25N5O3S/c1-12-5-6-15(13(2)8-12)26-10-16-21-22-18(23(16)19)27-11-17(24)20-9-14-4-3-7-25-14/h5-6,8,14H,3-4,7,9-11,19H2,1-2H3,(H,20,24)/t14-/m0/s1. The number of carbonyl (C=O) groups is 1. The number of aryl methyl sites for hydroxylation is 2. The van der Waals surface area contributed by atoms with Crippen LogP contribution in [0.3, 0.4) is 0 Å². The second-order valence-electron chi connectivity index (χ2n) is 6.55. The molecule has 0 bridgehead atoms. The first-order valence-corrected chi connectivity index (χ1v) is 9.92. The molecule has 1 aliphatic heterocycles. The molecule has 1 aromatic heterocycles. The zero-order chi connectivity index (χ0) is 19.2. The number of nitrogens with zero attached hydrogens (tertiary/aromatic N) is 3. The van der Waals surface area contributed by atoms with Crippen LogP contribution in [0.25, 0.3) is 0 Å². The zero-order valence-corrected chi connectivity index (χ0v) is 16.4. The lowest BCUT2D eigenvalue weighted by Crippen LogP contribution is -2.33. The number of benzene rings is 1. The van der Waals surface area contributed by atoms with Crippen LogP contribution in [0.5, 0.6) is 5.75 Å². The van der Waals surface area contributed by atoms with Gasteiger partial charge >= 0.3 is 0 Å². The van der Waals surface area contributed by atoms with Crippen LogP contribution in [0.2, 0.25) is 0 Å². The predicted octanol–water partition coefficient (Wildman–Crippen LogP) is 1.58. The SMILES string of the molecule is Cc1ccc(OCc2nnc(SCC(=O)NC[C@@H]3CCCO3)n2N)c(C)c1.